The van der Waals surface area contributed by atoms with Gasteiger partial charge >= 0.3 is 0 Å². The summed E-state index contributed by atoms with van der Waals surface area (Å²) in [6.45, 7) is 4.32. The predicted molar refractivity (Wildman–Crippen MR) is 92.5 cm³/mol. The summed E-state index contributed by atoms with van der Waals surface area (Å²) in [6.07, 6.45) is 1.76. The van der Waals surface area contributed by atoms with E-state index in [1.165, 1.54) is 11.1 Å². The van der Waals surface area contributed by atoms with Crippen LogP contribution >= 0.6 is 0 Å². The SMILES string of the molecule is COCc1cc(C(=O)NCC2(c3ccc(C)cc3)CCOCC2)no1. The number of ether oxygens (including phenoxy) is 2. The first-order valence-corrected chi connectivity index (χ1v) is 8.51. The molecule has 134 valence electrons. The van der Waals surface area contributed by atoms with E-state index in [0.717, 1.165) is 12.8 Å². The van der Waals surface area contributed by atoms with Crippen LogP contribution in [0.25, 0.3) is 0 Å². The second-order valence-electron chi connectivity index (χ2n) is 6.55. The molecule has 0 saturated carbocycles. The third-order valence-corrected chi connectivity index (χ3v) is 4.78. The number of hydrogen-bond donors (Lipinski definition) is 1. The molecule has 6 heteroatoms. The zero-order chi connectivity index (χ0) is 17.7. The van der Waals surface area contributed by atoms with Gasteiger partial charge in [-0.1, -0.05) is 35.0 Å². The predicted octanol–water partition coefficient (Wildman–Crippen LogP) is 2.61. The second kappa shape index (κ2) is 7.80. The van der Waals surface area contributed by atoms with Gasteiger partial charge in [0.25, 0.3) is 5.91 Å². The van der Waals surface area contributed by atoms with Gasteiger partial charge in [0.15, 0.2) is 11.5 Å². The fourth-order valence-corrected chi connectivity index (χ4v) is 3.21. The highest BCUT2D eigenvalue weighted by Crippen LogP contribution is 2.34. The highest BCUT2D eigenvalue weighted by Gasteiger charge is 2.35. The minimum Gasteiger partial charge on any atom is -0.381 e. The van der Waals surface area contributed by atoms with Gasteiger partial charge in [0.1, 0.15) is 6.61 Å². The topological polar surface area (TPSA) is 73.6 Å². The monoisotopic (exact) mass is 344 g/mol. The van der Waals surface area contributed by atoms with Crippen LogP contribution in [-0.4, -0.2) is 37.9 Å². The fourth-order valence-electron chi connectivity index (χ4n) is 3.21. The Balaban J connectivity index is 1.72. The third kappa shape index (κ3) is 4.08. The first-order valence-electron chi connectivity index (χ1n) is 8.51. The average molecular weight is 344 g/mol. The van der Waals surface area contributed by atoms with Gasteiger partial charge in [-0.2, -0.15) is 0 Å². The van der Waals surface area contributed by atoms with Gasteiger partial charge in [0.05, 0.1) is 0 Å². The molecule has 25 heavy (non-hydrogen) atoms. The average Bonchev–Trinajstić information content (AvgIpc) is 3.10. The van der Waals surface area contributed by atoms with Crippen molar-refractivity contribution in [1.29, 1.82) is 0 Å². The highest BCUT2D eigenvalue weighted by molar-refractivity contribution is 5.92. The van der Waals surface area contributed by atoms with E-state index in [2.05, 4.69) is 41.7 Å². The zero-order valence-corrected chi connectivity index (χ0v) is 14.7. The Labute approximate surface area is 147 Å². The molecule has 0 aliphatic carbocycles. The fraction of sp³-hybridized carbons (Fsp3) is 0.474. The molecule has 0 bridgehead atoms. The largest absolute Gasteiger partial charge is 0.381 e. The summed E-state index contributed by atoms with van der Waals surface area (Å²) in [5.74, 6) is 0.302. The number of methoxy groups -OCH3 is 1. The smallest absolute Gasteiger partial charge is 0.273 e. The number of aromatic nitrogens is 1. The number of aryl methyl sites for hydroxylation is 1. The van der Waals surface area contributed by atoms with Crippen LogP contribution in [0.4, 0.5) is 0 Å². The molecule has 1 fully saturated rings. The van der Waals surface area contributed by atoms with Crippen LogP contribution < -0.4 is 5.32 Å². The Morgan fingerprint density at radius 2 is 2.00 bits per heavy atom. The van der Waals surface area contributed by atoms with Crippen LogP contribution in [-0.2, 0) is 21.5 Å². The molecule has 1 saturated heterocycles. The molecule has 0 radical (unpaired) electrons. The lowest BCUT2D eigenvalue weighted by Crippen LogP contribution is -2.44. The van der Waals surface area contributed by atoms with E-state index in [1.807, 2.05) is 0 Å². The van der Waals surface area contributed by atoms with Gasteiger partial charge in [-0.05, 0) is 25.3 Å². The number of rotatable bonds is 6. The Morgan fingerprint density at radius 3 is 2.68 bits per heavy atom. The van der Waals surface area contributed by atoms with E-state index in [0.29, 0.717) is 32.1 Å². The molecular weight excluding hydrogens is 320 g/mol. The molecule has 0 unspecified atom stereocenters. The Kier molecular flexibility index (Phi) is 5.50. The van der Waals surface area contributed by atoms with E-state index in [-0.39, 0.29) is 17.0 Å². The van der Waals surface area contributed by atoms with Crippen LogP contribution in [0, 0.1) is 6.92 Å². The summed E-state index contributed by atoms with van der Waals surface area (Å²) in [4.78, 5) is 12.4. The summed E-state index contributed by atoms with van der Waals surface area (Å²) in [7, 11) is 1.57. The van der Waals surface area contributed by atoms with Crippen molar-refractivity contribution in [1.82, 2.24) is 10.5 Å². The van der Waals surface area contributed by atoms with E-state index >= 15 is 0 Å². The molecule has 2 aromatic rings. The number of nitrogens with zero attached hydrogens (tertiary/aromatic N) is 1. The highest BCUT2D eigenvalue weighted by atomic mass is 16.5. The van der Waals surface area contributed by atoms with Crippen molar-refractivity contribution in [3.8, 4) is 0 Å². The van der Waals surface area contributed by atoms with Crippen LogP contribution in [0.5, 0.6) is 0 Å². The van der Waals surface area contributed by atoms with Gasteiger partial charge in [0.2, 0.25) is 0 Å². The number of amides is 1. The van der Waals surface area contributed by atoms with Crippen LogP contribution in [0.2, 0.25) is 0 Å². The van der Waals surface area contributed by atoms with Crippen molar-refractivity contribution in [2.75, 3.05) is 26.9 Å². The molecule has 1 N–H and O–H groups in total. The molecule has 2 heterocycles. The number of nitrogens with one attached hydrogen (secondary N) is 1. The van der Waals surface area contributed by atoms with Crippen molar-refractivity contribution >= 4 is 5.91 Å². The van der Waals surface area contributed by atoms with E-state index in [1.54, 1.807) is 13.2 Å². The minimum atomic E-state index is -0.232. The van der Waals surface area contributed by atoms with Gasteiger partial charge in [-0.15, -0.1) is 0 Å². The minimum absolute atomic E-state index is 0.110. The van der Waals surface area contributed by atoms with Crippen molar-refractivity contribution < 1.29 is 18.8 Å². The third-order valence-electron chi connectivity index (χ3n) is 4.78. The molecule has 1 aromatic carbocycles. The van der Waals surface area contributed by atoms with Crippen LogP contribution in [0.1, 0.15) is 40.2 Å². The summed E-state index contributed by atoms with van der Waals surface area (Å²) in [6, 6.07) is 10.1. The van der Waals surface area contributed by atoms with Crippen molar-refractivity contribution in [3.05, 3.63) is 52.9 Å². The first kappa shape index (κ1) is 17.6. The molecule has 6 nitrogen and oxygen atoms in total. The van der Waals surface area contributed by atoms with Crippen molar-refractivity contribution in [2.24, 2.45) is 0 Å². The normalized spacial score (nSPS) is 16.6. The van der Waals surface area contributed by atoms with Crippen molar-refractivity contribution in [3.63, 3.8) is 0 Å². The van der Waals surface area contributed by atoms with Gasteiger partial charge < -0.3 is 19.3 Å². The molecule has 1 aliphatic heterocycles. The van der Waals surface area contributed by atoms with E-state index < -0.39 is 0 Å². The molecule has 3 rings (SSSR count). The number of carbonyl (C=O) groups is 1. The maximum atomic E-state index is 12.4. The quantitative estimate of drug-likeness (QED) is 0.872. The van der Waals surface area contributed by atoms with E-state index in [9.17, 15) is 4.79 Å². The molecule has 1 aliphatic rings. The van der Waals surface area contributed by atoms with Gasteiger partial charge in [-0.25, -0.2) is 0 Å². The van der Waals surface area contributed by atoms with Crippen molar-refractivity contribution in [2.45, 2.75) is 31.8 Å². The van der Waals surface area contributed by atoms with E-state index in [4.69, 9.17) is 14.0 Å². The molecule has 0 atom stereocenters. The van der Waals surface area contributed by atoms with Gasteiger partial charge in [-0.3, -0.25) is 4.79 Å². The summed E-state index contributed by atoms with van der Waals surface area (Å²) < 4.78 is 15.6. The first-order chi connectivity index (χ1) is 12.1. The molecule has 0 spiro atoms. The lowest BCUT2D eigenvalue weighted by Gasteiger charge is -2.38. The maximum Gasteiger partial charge on any atom is 0.273 e. The summed E-state index contributed by atoms with van der Waals surface area (Å²) in [5, 5.41) is 6.83. The van der Waals surface area contributed by atoms with Crippen LogP contribution in [0.3, 0.4) is 0 Å². The van der Waals surface area contributed by atoms with Gasteiger partial charge in [0, 0.05) is 38.3 Å². The van der Waals surface area contributed by atoms with Crippen LogP contribution in [0.15, 0.2) is 34.9 Å². The number of hydrogen-bond acceptors (Lipinski definition) is 5. The lowest BCUT2D eigenvalue weighted by molar-refractivity contribution is 0.0486. The number of carbonyl (C=O) groups excluding carboxylic acids is 1. The summed E-state index contributed by atoms with van der Waals surface area (Å²) >= 11 is 0. The Bertz CT molecular complexity index is 702. The Morgan fingerprint density at radius 1 is 1.28 bits per heavy atom. The zero-order valence-electron chi connectivity index (χ0n) is 14.7. The number of benzene rings is 1. The lowest BCUT2D eigenvalue weighted by atomic mass is 9.74. The maximum absolute atomic E-state index is 12.4. The molecular formula is C19H24N2O4. The summed E-state index contributed by atoms with van der Waals surface area (Å²) in [5.41, 5.74) is 2.63. The second-order valence-corrected chi connectivity index (χ2v) is 6.55. The Hall–Kier alpha value is -2.18. The standard InChI is InChI=1S/C19H24N2O4/c1-14-3-5-15(6-4-14)19(7-9-24-10-8-19)13-20-18(22)17-11-16(12-23-2)25-21-17/h3-6,11H,7-10,12-13H2,1-2H3,(H,20,22). The molecule has 1 aromatic heterocycles. The molecule has 1 amide bonds.